The lowest BCUT2D eigenvalue weighted by Crippen LogP contribution is -2.02. The zero-order chi connectivity index (χ0) is 10.4. The van der Waals surface area contributed by atoms with Crippen LogP contribution in [0.3, 0.4) is 0 Å². The third-order valence-corrected chi connectivity index (χ3v) is 3.08. The largest absolute Gasteiger partial charge is 0.387 e. The van der Waals surface area contributed by atoms with Crippen molar-refractivity contribution in [2.75, 3.05) is 13.2 Å². The van der Waals surface area contributed by atoms with E-state index in [1.807, 2.05) is 12.1 Å². The number of aliphatic hydroxyl groups excluding tert-OH is 1. The van der Waals surface area contributed by atoms with E-state index in [-0.39, 0.29) is 6.10 Å². The van der Waals surface area contributed by atoms with Crippen molar-refractivity contribution >= 4 is 11.3 Å². The molecule has 1 aromatic heterocycles. The number of aliphatic hydroxyl groups is 1. The van der Waals surface area contributed by atoms with Gasteiger partial charge in [-0.25, -0.2) is 0 Å². The van der Waals surface area contributed by atoms with E-state index in [1.54, 1.807) is 11.3 Å². The average molecular weight is 214 g/mol. The first-order valence-electron chi connectivity index (χ1n) is 5.06. The predicted molar refractivity (Wildman–Crippen MR) is 59.7 cm³/mol. The number of ether oxygens (including phenoxy) is 1. The fourth-order valence-corrected chi connectivity index (χ4v) is 2.11. The van der Waals surface area contributed by atoms with Crippen molar-refractivity contribution < 1.29 is 9.84 Å². The van der Waals surface area contributed by atoms with Crippen LogP contribution in [0.2, 0.25) is 0 Å². The number of hydrogen-bond donors (Lipinski definition) is 1. The molecule has 0 bridgehead atoms. The summed E-state index contributed by atoms with van der Waals surface area (Å²) in [4.78, 5) is 2.29. The molecule has 1 atom stereocenters. The van der Waals surface area contributed by atoms with Gasteiger partial charge in [0.05, 0.1) is 6.10 Å². The van der Waals surface area contributed by atoms with Crippen molar-refractivity contribution in [2.24, 2.45) is 0 Å². The Labute approximate surface area is 89.5 Å². The minimum absolute atomic E-state index is 0.356. The fourth-order valence-electron chi connectivity index (χ4n) is 1.22. The first-order chi connectivity index (χ1) is 6.74. The maximum atomic E-state index is 9.76. The van der Waals surface area contributed by atoms with Gasteiger partial charge in [0.2, 0.25) is 0 Å². The minimum atomic E-state index is -0.356. The molecule has 0 saturated heterocycles. The van der Waals surface area contributed by atoms with E-state index in [4.69, 9.17) is 4.74 Å². The van der Waals surface area contributed by atoms with Crippen molar-refractivity contribution in [3.63, 3.8) is 0 Å². The molecule has 14 heavy (non-hydrogen) atoms. The number of aryl methyl sites for hydroxylation is 1. The lowest BCUT2D eigenvalue weighted by molar-refractivity contribution is 0.0837. The lowest BCUT2D eigenvalue weighted by atomic mass is 10.2. The van der Waals surface area contributed by atoms with Gasteiger partial charge in [-0.1, -0.05) is 6.92 Å². The highest BCUT2D eigenvalue weighted by Gasteiger charge is 2.08. The summed E-state index contributed by atoms with van der Waals surface area (Å²) in [5, 5.41) is 9.76. The molecule has 1 heterocycles. The van der Waals surface area contributed by atoms with Gasteiger partial charge in [0.15, 0.2) is 0 Å². The molecule has 0 saturated carbocycles. The van der Waals surface area contributed by atoms with Gasteiger partial charge in [-0.3, -0.25) is 0 Å². The van der Waals surface area contributed by atoms with Crippen molar-refractivity contribution in [2.45, 2.75) is 32.8 Å². The number of thiophene rings is 1. The summed E-state index contributed by atoms with van der Waals surface area (Å²) < 4.78 is 5.33. The Balaban J connectivity index is 2.25. The zero-order valence-corrected chi connectivity index (χ0v) is 9.64. The molecule has 0 aromatic carbocycles. The molecule has 1 rings (SSSR count). The van der Waals surface area contributed by atoms with E-state index in [1.165, 1.54) is 4.88 Å². The molecule has 1 aromatic rings. The van der Waals surface area contributed by atoms with Crippen LogP contribution >= 0.6 is 11.3 Å². The van der Waals surface area contributed by atoms with Gasteiger partial charge < -0.3 is 9.84 Å². The summed E-state index contributed by atoms with van der Waals surface area (Å²) in [6.07, 6.45) is 1.37. The summed E-state index contributed by atoms with van der Waals surface area (Å²) in [7, 11) is 0. The van der Waals surface area contributed by atoms with E-state index in [9.17, 15) is 5.11 Å². The predicted octanol–water partition coefficient (Wildman–Crippen LogP) is 2.91. The zero-order valence-electron chi connectivity index (χ0n) is 8.82. The second-order valence-corrected chi connectivity index (χ2v) is 4.68. The fraction of sp³-hybridized carbons (Fsp3) is 0.636. The van der Waals surface area contributed by atoms with Crippen LogP contribution in [0.15, 0.2) is 12.1 Å². The maximum absolute atomic E-state index is 9.76. The van der Waals surface area contributed by atoms with Crippen LogP contribution in [-0.4, -0.2) is 18.3 Å². The Morgan fingerprint density at radius 1 is 1.43 bits per heavy atom. The van der Waals surface area contributed by atoms with E-state index < -0.39 is 0 Å². The molecule has 0 amide bonds. The van der Waals surface area contributed by atoms with Crippen LogP contribution in [0, 0.1) is 6.92 Å². The van der Waals surface area contributed by atoms with Crippen molar-refractivity contribution in [1.82, 2.24) is 0 Å². The average Bonchev–Trinajstić information content (AvgIpc) is 2.59. The highest BCUT2D eigenvalue weighted by atomic mass is 32.1. The van der Waals surface area contributed by atoms with Crippen molar-refractivity contribution in [3.05, 3.63) is 21.9 Å². The highest BCUT2D eigenvalue weighted by molar-refractivity contribution is 7.11. The standard InChI is InChI=1S/C11H18O2S/c1-3-7-13-8-6-10(12)11-5-4-9(2)14-11/h4-5,10,12H,3,6-8H2,1-2H3. The Morgan fingerprint density at radius 3 is 2.79 bits per heavy atom. The Bertz CT molecular complexity index is 258. The summed E-state index contributed by atoms with van der Waals surface area (Å²) in [5.41, 5.74) is 0. The summed E-state index contributed by atoms with van der Waals surface area (Å²) in [5.74, 6) is 0. The molecule has 1 N–H and O–H groups in total. The molecule has 80 valence electrons. The second kappa shape index (κ2) is 6.17. The molecule has 2 nitrogen and oxygen atoms in total. The molecule has 1 unspecified atom stereocenters. The van der Waals surface area contributed by atoms with Gasteiger partial charge in [-0.15, -0.1) is 11.3 Å². The van der Waals surface area contributed by atoms with E-state index >= 15 is 0 Å². The normalized spacial score (nSPS) is 13.1. The van der Waals surface area contributed by atoms with Gasteiger partial charge in [0, 0.05) is 29.4 Å². The quantitative estimate of drug-likeness (QED) is 0.738. The van der Waals surface area contributed by atoms with Gasteiger partial charge in [-0.05, 0) is 25.5 Å². The topological polar surface area (TPSA) is 29.5 Å². The number of rotatable bonds is 6. The van der Waals surface area contributed by atoms with Crippen molar-refractivity contribution in [1.29, 1.82) is 0 Å². The molecular weight excluding hydrogens is 196 g/mol. The SMILES string of the molecule is CCCOCCC(O)c1ccc(C)s1. The Kier molecular flexibility index (Phi) is 5.15. The lowest BCUT2D eigenvalue weighted by Gasteiger charge is -2.08. The Morgan fingerprint density at radius 2 is 2.21 bits per heavy atom. The molecular formula is C11H18O2S. The monoisotopic (exact) mass is 214 g/mol. The van der Waals surface area contributed by atoms with Crippen LogP contribution < -0.4 is 0 Å². The first kappa shape index (κ1) is 11.7. The van der Waals surface area contributed by atoms with Gasteiger partial charge >= 0.3 is 0 Å². The molecule has 3 heteroatoms. The second-order valence-electron chi connectivity index (χ2n) is 3.37. The van der Waals surface area contributed by atoms with Gasteiger partial charge in [-0.2, -0.15) is 0 Å². The van der Waals surface area contributed by atoms with Gasteiger partial charge in [0.1, 0.15) is 0 Å². The molecule has 0 aliphatic carbocycles. The van der Waals surface area contributed by atoms with Crippen LogP contribution in [0.25, 0.3) is 0 Å². The molecule has 0 fully saturated rings. The van der Waals surface area contributed by atoms with E-state index in [2.05, 4.69) is 13.8 Å². The number of hydrogen-bond acceptors (Lipinski definition) is 3. The Hall–Kier alpha value is -0.380. The summed E-state index contributed by atoms with van der Waals surface area (Å²) in [6.45, 7) is 5.57. The molecule has 0 spiro atoms. The third kappa shape index (κ3) is 3.78. The molecule has 0 aliphatic rings. The third-order valence-electron chi connectivity index (χ3n) is 1.97. The maximum Gasteiger partial charge on any atom is 0.0904 e. The molecule has 0 radical (unpaired) electrons. The molecule has 0 aliphatic heterocycles. The summed E-state index contributed by atoms with van der Waals surface area (Å²) >= 11 is 1.65. The van der Waals surface area contributed by atoms with E-state index in [0.717, 1.165) is 17.9 Å². The first-order valence-corrected chi connectivity index (χ1v) is 5.88. The van der Waals surface area contributed by atoms with Crippen LogP contribution in [-0.2, 0) is 4.74 Å². The smallest absolute Gasteiger partial charge is 0.0904 e. The van der Waals surface area contributed by atoms with Crippen molar-refractivity contribution in [3.8, 4) is 0 Å². The van der Waals surface area contributed by atoms with Crippen LogP contribution in [0.4, 0.5) is 0 Å². The highest BCUT2D eigenvalue weighted by Crippen LogP contribution is 2.24. The summed E-state index contributed by atoms with van der Waals surface area (Å²) in [6, 6.07) is 4.03. The minimum Gasteiger partial charge on any atom is -0.387 e. The van der Waals surface area contributed by atoms with Crippen LogP contribution in [0.1, 0.15) is 35.6 Å². The van der Waals surface area contributed by atoms with Crippen LogP contribution in [0.5, 0.6) is 0 Å². The van der Waals surface area contributed by atoms with E-state index in [0.29, 0.717) is 13.0 Å². The van der Waals surface area contributed by atoms with Gasteiger partial charge in [0.25, 0.3) is 0 Å².